The summed E-state index contributed by atoms with van der Waals surface area (Å²) in [7, 11) is 0. The fraction of sp³-hybridized carbons (Fsp3) is 0.250. The van der Waals surface area contributed by atoms with E-state index in [0.29, 0.717) is 36.3 Å². The molecule has 0 unspecified atom stereocenters. The van der Waals surface area contributed by atoms with Gasteiger partial charge in [0.1, 0.15) is 0 Å². The van der Waals surface area contributed by atoms with E-state index >= 15 is 0 Å². The molecule has 0 heterocycles. The molecule has 4 aromatic carbocycles. The van der Waals surface area contributed by atoms with Gasteiger partial charge >= 0.3 is 0 Å². The second-order valence-corrected chi connectivity index (χ2v) is 10.8. The van der Waals surface area contributed by atoms with Crippen LogP contribution in [0, 0.1) is 20.8 Å². The number of hydrogen-bond acceptors (Lipinski definition) is 6. The summed E-state index contributed by atoms with van der Waals surface area (Å²) in [5, 5.41) is 10.6. The summed E-state index contributed by atoms with van der Waals surface area (Å²) in [4.78, 5) is 35.1. The Kier molecular flexibility index (Phi) is 9.58. The van der Waals surface area contributed by atoms with Crippen molar-refractivity contribution in [1.29, 1.82) is 0 Å². The molecule has 6 nitrogen and oxygen atoms in total. The van der Waals surface area contributed by atoms with Gasteiger partial charge in [-0.1, -0.05) is 0 Å². The largest absolute Gasteiger partial charge is 0.381 e. The van der Waals surface area contributed by atoms with Crippen molar-refractivity contribution in [2.45, 2.75) is 61.2 Å². The molecule has 0 fully saturated rings. The van der Waals surface area contributed by atoms with Crippen LogP contribution in [0.25, 0.3) is 0 Å². The summed E-state index contributed by atoms with van der Waals surface area (Å²) in [6, 6.07) is 22.7. The Bertz CT molecular complexity index is 1390. The second kappa shape index (κ2) is 13.3. The zero-order valence-electron chi connectivity index (χ0n) is 25.3. The van der Waals surface area contributed by atoms with Crippen LogP contribution in [0.2, 0.25) is 0 Å². The highest BCUT2D eigenvalue weighted by Gasteiger charge is 2.17. The third-order valence-corrected chi connectivity index (χ3v) is 8.00. The fourth-order valence-electron chi connectivity index (χ4n) is 5.23. The van der Waals surface area contributed by atoms with E-state index in [4.69, 9.17) is 0 Å². The lowest BCUT2D eigenvalue weighted by atomic mass is 9.87. The molecule has 42 heavy (non-hydrogen) atoms. The van der Waals surface area contributed by atoms with E-state index in [2.05, 4.69) is 36.7 Å². The topological polar surface area (TPSA) is 87.3 Å². The molecule has 0 aromatic heterocycles. The van der Waals surface area contributed by atoms with Crippen molar-refractivity contribution < 1.29 is 14.4 Å². The monoisotopic (exact) mass is 561 g/mol. The van der Waals surface area contributed by atoms with Gasteiger partial charge in [0.25, 0.3) is 0 Å². The number of benzene rings is 4. The van der Waals surface area contributed by atoms with Crippen molar-refractivity contribution in [3.05, 3.63) is 123 Å². The molecular formula is C36H39N3O3. The Labute approximate surface area is 248 Å². The molecule has 216 valence electrons. The molecular weight excluding hydrogens is 522 g/mol. The lowest BCUT2D eigenvalue weighted by Crippen LogP contribution is -2.15. The van der Waals surface area contributed by atoms with Gasteiger partial charge in [0.15, 0.2) is 17.3 Å². The maximum Gasteiger partial charge on any atom is 0.159 e. The van der Waals surface area contributed by atoms with E-state index in [9.17, 15) is 14.4 Å². The predicted molar refractivity (Wildman–Crippen MR) is 172 cm³/mol. The van der Waals surface area contributed by atoms with E-state index < -0.39 is 0 Å². The van der Waals surface area contributed by atoms with E-state index in [0.717, 1.165) is 17.1 Å². The molecule has 6 heteroatoms. The molecule has 0 aliphatic rings. The van der Waals surface area contributed by atoms with Gasteiger partial charge in [0.05, 0.1) is 0 Å². The number of ketones is 3. The van der Waals surface area contributed by atoms with Crippen LogP contribution in [0.15, 0.2) is 72.8 Å². The minimum Gasteiger partial charge on any atom is -0.381 e. The van der Waals surface area contributed by atoms with Gasteiger partial charge in [0.2, 0.25) is 0 Å². The molecule has 0 atom stereocenters. The van der Waals surface area contributed by atoms with Crippen LogP contribution in [-0.2, 0) is 19.6 Å². The Morgan fingerprint density at radius 3 is 0.833 bits per heavy atom. The van der Waals surface area contributed by atoms with Crippen molar-refractivity contribution in [3.8, 4) is 0 Å². The Morgan fingerprint density at radius 1 is 0.429 bits per heavy atom. The van der Waals surface area contributed by atoms with Crippen LogP contribution >= 0.6 is 0 Å². The summed E-state index contributed by atoms with van der Waals surface area (Å²) in [5.41, 5.74) is 12.3. The van der Waals surface area contributed by atoms with Crippen LogP contribution in [0.4, 0.5) is 17.1 Å². The number of carbonyl (C=O) groups is 3. The van der Waals surface area contributed by atoms with E-state index in [-0.39, 0.29) is 17.3 Å². The fourth-order valence-corrected chi connectivity index (χ4v) is 5.23. The Morgan fingerprint density at radius 2 is 0.643 bits per heavy atom. The first-order valence-electron chi connectivity index (χ1n) is 14.2. The summed E-state index contributed by atoms with van der Waals surface area (Å²) in [5.74, 6) is 0.147. The van der Waals surface area contributed by atoms with Crippen LogP contribution in [0.5, 0.6) is 0 Å². The number of anilines is 3. The normalized spacial score (nSPS) is 10.7. The first-order chi connectivity index (χ1) is 20.0. The number of nitrogens with one attached hydrogen (secondary N) is 3. The average Bonchev–Trinajstić information content (AvgIpc) is 2.97. The third kappa shape index (κ3) is 7.13. The molecule has 4 rings (SSSR count). The molecule has 4 aromatic rings. The molecule has 0 amide bonds. The van der Waals surface area contributed by atoms with Crippen molar-refractivity contribution in [2.75, 3.05) is 16.0 Å². The first kappa shape index (κ1) is 30.3. The smallest absolute Gasteiger partial charge is 0.159 e. The quantitative estimate of drug-likeness (QED) is 0.152. The number of rotatable bonds is 12. The van der Waals surface area contributed by atoms with Crippen molar-refractivity contribution >= 4 is 34.4 Å². The Hall–Kier alpha value is -4.71. The van der Waals surface area contributed by atoms with E-state index in [1.54, 1.807) is 20.8 Å². The minimum absolute atomic E-state index is 0.0490. The maximum absolute atomic E-state index is 11.7. The number of Topliss-reactive ketones (excluding diaryl/α,β-unsaturated/α-hetero) is 3. The van der Waals surface area contributed by atoms with E-state index in [1.165, 1.54) is 33.4 Å². The van der Waals surface area contributed by atoms with Crippen molar-refractivity contribution in [2.24, 2.45) is 0 Å². The number of carbonyl (C=O) groups excluding carboxylic acids is 3. The zero-order chi connectivity index (χ0) is 30.4. The summed E-state index contributed by atoms with van der Waals surface area (Å²) in [6.07, 6.45) is 0. The molecule has 0 spiro atoms. The highest BCUT2D eigenvalue weighted by Crippen LogP contribution is 2.30. The van der Waals surface area contributed by atoms with Crippen LogP contribution in [0.1, 0.15) is 85.2 Å². The molecule has 0 saturated heterocycles. The van der Waals surface area contributed by atoms with E-state index in [1.807, 2.05) is 72.8 Å². The molecule has 0 aliphatic carbocycles. The highest BCUT2D eigenvalue weighted by atomic mass is 16.1. The maximum atomic E-state index is 11.7. The van der Waals surface area contributed by atoms with Crippen LogP contribution < -0.4 is 16.0 Å². The van der Waals surface area contributed by atoms with Gasteiger partial charge in [-0.25, -0.2) is 0 Å². The summed E-state index contributed by atoms with van der Waals surface area (Å²) < 4.78 is 0. The van der Waals surface area contributed by atoms with Gasteiger partial charge in [0, 0.05) is 53.4 Å². The van der Waals surface area contributed by atoms with Crippen LogP contribution in [-0.4, -0.2) is 17.3 Å². The SMILES string of the molecule is CC(=O)c1ccc(NCc2c(C)c(CNc3ccc(C(C)=O)cc3)c(C)c(CNc3ccc(C(C)=O)cc3)c2C)cc1. The Balaban J connectivity index is 1.63. The second-order valence-electron chi connectivity index (χ2n) is 10.8. The lowest BCUT2D eigenvalue weighted by molar-refractivity contribution is 0.100. The average molecular weight is 562 g/mol. The first-order valence-corrected chi connectivity index (χ1v) is 14.2. The highest BCUT2D eigenvalue weighted by molar-refractivity contribution is 5.95. The minimum atomic E-state index is 0.0490. The number of hydrogen-bond donors (Lipinski definition) is 3. The third-order valence-electron chi connectivity index (χ3n) is 8.00. The van der Waals surface area contributed by atoms with Gasteiger partial charge in [-0.15, -0.1) is 0 Å². The van der Waals surface area contributed by atoms with Gasteiger partial charge in [-0.2, -0.15) is 0 Å². The summed E-state index contributed by atoms with van der Waals surface area (Å²) >= 11 is 0. The van der Waals surface area contributed by atoms with Gasteiger partial charge in [-0.05, 0) is 148 Å². The van der Waals surface area contributed by atoms with Gasteiger partial charge in [-0.3, -0.25) is 14.4 Å². The molecule has 3 N–H and O–H groups in total. The lowest BCUT2D eigenvalue weighted by Gasteiger charge is -2.24. The molecule has 0 aliphatic heterocycles. The van der Waals surface area contributed by atoms with Gasteiger partial charge < -0.3 is 16.0 Å². The molecule has 0 radical (unpaired) electrons. The molecule has 0 bridgehead atoms. The van der Waals surface area contributed by atoms with Crippen molar-refractivity contribution in [1.82, 2.24) is 0 Å². The predicted octanol–water partition coefficient (Wildman–Crippen LogP) is 8.06. The van der Waals surface area contributed by atoms with Crippen molar-refractivity contribution in [3.63, 3.8) is 0 Å². The standard InChI is InChI=1S/C36H39N3O3/c1-22-34(19-37-31-13-7-28(8-14-31)25(4)40)23(2)36(21-39-33-17-11-30(12-18-33)27(6)42)24(3)35(22)20-38-32-15-9-29(10-16-32)26(5)41/h7-18,37-39H,19-21H2,1-6H3. The summed E-state index contributed by atoms with van der Waals surface area (Å²) in [6.45, 7) is 13.1. The zero-order valence-corrected chi connectivity index (χ0v) is 25.3. The molecule has 0 saturated carbocycles. The van der Waals surface area contributed by atoms with Crippen LogP contribution in [0.3, 0.4) is 0 Å².